The lowest BCUT2D eigenvalue weighted by Gasteiger charge is -2.23. The van der Waals surface area contributed by atoms with Gasteiger partial charge in [-0.2, -0.15) is 0 Å². The van der Waals surface area contributed by atoms with E-state index in [0.29, 0.717) is 0 Å². The van der Waals surface area contributed by atoms with E-state index in [2.05, 4.69) is 5.29 Å². The van der Waals surface area contributed by atoms with Crippen molar-refractivity contribution in [3.63, 3.8) is 0 Å². The summed E-state index contributed by atoms with van der Waals surface area (Å²) in [5.74, 6) is 0. The molecule has 7 heteroatoms. The predicted octanol–water partition coefficient (Wildman–Crippen LogP) is 0.208. The number of nitrogens with zero attached hydrogens (tertiary/aromatic N) is 2. The van der Waals surface area contributed by atoms with Crippen molar-refractivity contribution < 1.29 is 18.9 Å². The molecule has 0 aliphatic heterocycles. The Morgan fingerprint density at radius 3 is 1.47 bits per heavy atom. The van der Waals surface area contributed by atoms with Gasteiger partial charge in [0.25, 0.3) is 0 Å². The van der Waals surface area contributed by atoms with Crippen LogP contribution >= 0.6 is 0 Å². The van der Waals surface area contributed by atoms with E-state index in [9.17, 15) is 4.91 Å². The van der Waals surface area contributed by atoms with Gasteiger partial charge in [-0.05, 0) is 0 Å². The van der Waals surface area contributed by atoms with E-state index in [-0.39, 0.29) is 13.1 Å². The van der Waals surface area contributed by atoms with Crippen molar-refractivity contribution in [2.75, 3.05) is 41.5 Å². The molecule has 0 aromatic heterocycles. The first-order valence-electron chi connectivity index (χ1n) is 4.41. The molecule has 0 N–H and O–H groups in total. The number of nitroso groups, excluding NO2 is 1. The van der Waals surface area contributed by atoms with Gasteiger partial charge >= 0.3 is 0 Å². The van der Waals surface area contributed by atoms with Crippen LogP contribution in [0.25, 0.3) is 0 Å². The van der Waals surface area contributed by atoms with E-state index in [4.69, 9.17) is 18.9 Å². The maximum absolute atomic E-state index is 10.5. The second-order valence-electron chi connectivity index (χ2n) is 2.76. The molecule has 0 saturated heterocycles. The van der Waals surface area contributed by atoms with E-state index >= 15 is 0 Å². The standard InChI is InChI=1S/C8H18N2O5/c1-12-7(13-2)5-10(9-11)6-8(14-3)15-4/h7-8H,5-6H2,1-4H3. The highest BCUT2D eigenvalue weighted by molar-refractivity contribution is 4.57. The molecule has 0 amide bonds. The zero-order valence-corrected chi connectivity index (χ0v) is 9.50. The van der Waals surface area contributed by atoms with E-state index in [1.165, 1.54) is 33.4 Å². The van der Waals surface area contributed by atoms with Gasteiger partial charge in [-0.3, -0.25) is 5.01 Å². The third-order valence-electron chi connectivity index (χ3n) is 1.89. The van der Waals surface area contributed by atoms with E-state index < -0.39 is 12.6 Å². The molecular formula is C8H18N2O5. The summed E-state index contributed by atoms with van der Waals surface area (Å²) in [4.78, 5) is 10.5. The van der Waals surface area contributed by atoms with Gasteiger partial charge < -0.3 is 18.9 Å². The summed E-state index contributed by atoms with van der Waals surface area (Å²) in [6, 6.07) is 0. The Balaban J connectivity index is 4.05. The summed E-state index contributed by atoms with van der Waals surface area (Å²) in [6.07, 6.45) is -1.01. The third kappa shape index (κ3) is 5.63. The summed E-state index contributed by atoms with van der Waals surface area (Å²) < 4.78 is 19.7. The van der Waals surface area contributed by atoms with Crippen molar-refractivity contribution in [3.05, 3.63) is 4.91 Å². The first-order valence-corrected chi connectivity index (χ1v) is 4.41. The Hall–Kier alpha value is -0.760. The van der Waals surface area contributed by atoms with Gasteiger partial charge in [0.2, 0.25) is 0 Å². The highest BCUT2D eigenvalue weighted by Gasteiger charge is 2.16. The Bertz CT molecular complexity index is 147. The molecule has 0 spiro atoms. The number of hydrogen-bond donors (Lipinski definition) is 0. The van der Waals surface area contributed by atoms with Crippen molar-refractivity contribution in [1.29, 1.82) is 0 Å². The van der Waals surface area contributed by atoms with E-state index in [0.717, 1.165) is 0 Å². The maximum atomic E-state index is 10.5. The average molecular weight is 222 g/mol. The van der Waals surface area contributed by atoms with Gasteiger partial charge in [-0.15, -0.1) is 4.91 Å². The van der Waals surface area contributed by atoms with Crippen molar-refractivity contribution in [1.82, 2.24) is 5.01 Å². The molecule has 0 atom stereocenters. The van der Waals surface area contributed by atoms with E-state index in [1.54, 1.807) is 0 Å². The summed E-state index contributed by atoms with van der Waals surface area (Å²) in [5.41, 5.74) is 0. The summed E-state index contributed by atoms with van der Waals surface area (Å²) in [7, 11) is 5.95. The van der Waals surface area contributed by atoms with Gasteiger partial charge in [-0.25, -0.2) is 0 Å². The molecule has 0 aromatic rings. The number of rotatable bonds is 9. The van der Waals surface area contributed by atoms with Crippen LogP contribution in [0.3, 0.4) is 0 Å². The van der Waals surface area contributed by atoms with Crippen molar-refractivity contribution in [2.24, 2.45) is 5.29 Å². The maximum Gasteiger partial charge on any atom is 0.176 e. The second-order valence-corrected chi connectivity index (χ2v) is 2.76. The highest BCUT2D eigenvalue weighted by atomic mass is 16.7. The molecule has 0 aromatic carbocycles. The largest absolute Gasteiger partial charge is 0.354 e. The van der Waals surface area contributed by atoms with Crippen molar-refractivity contribution in [3.8, 4) is 0 Å². The zero-order valence-electron chi connectivity index (χ0n) is 9.50. The fourth-order valence-electron chi connectivity index (χ4n) is 0.976. The molecule has 7 nitrogen and oxygen atoms in total. The molecule has 0 rings (SSSR count). The summed E-state index contributed by atoms with van der Waals surface area (Å²) in [5, 5.41) is 4.04. The topological polar surface area (TPSA) is 69.6 Å². The summed E-state index contributed by atoms with van der Waals surface area (Å²) in [6.45, 7) is 0.444. The molecule has 0 fully saturated rings. The first-order chi connectivity index (χ1) is 7.21. The average Bonchev–Trinajstić information content (AvgIpc) is 2.30. The Labute approximate surface area is 89.2 Å². The van der Waals surface area contributed by atoms with Gasteiger partial charge in [0, 0.05) is 28.4 Å². The zero-order chi connectivity index (χ0) is 11.7. The van der Waals surface area contributed by atoms with Gasteiger partial charge in [-0.1, -0.05) is 0 Å². The lowest BCUT2D eigenvalue weighted by atomic mass is 10.5. The van der Waals surface area contributed by atoms with Crippen LogP contribution in [0.15, 0.2) is 5.29 Å². The van der Waals surface area contributed by atoms with Gasteiger partial charge in [0.05, 0.1) is 18.4 Å². The Kier molecular flexibility index (Phi) is 8.11. The minimum atomic E-state index is -0.503. The Morgan fingerprint density at radius 1 is 0.933 bits per heavy atom. The normalized spacial score (nSPS) is 11.1. The molecule has 0 aliphatic carbocycles. The number of ether oxygens (including phenoxy) is 4. The van der Waals surface area contributed by atoms with Crippen LogP contribution in [0.1, 0.15) is 0 Å². The first kappa shape index (κ1) is 14.2. The van der Waals surface area contributed by atoms with Crippen LogP contribution in [0.5, 0.6) is 0 Å². The second kappa shape index (κ2) is 8.54. The monoisotopic (exact) mass is 222 g/mol. The smallest absolute Gasteiger partial charge is 0.176 e. The molecule has 0 unspecified atom stereocenters. The van der Waals surface area contributed by atoms with Crippen LogP contribution in [0.2, 0.25) is 0 Å². The number of hydrogen-bond acceptors (Lipinski definition) is 6. The van der Waals surface area contributed by atoms with Crippen LogP contribution < -0.4 is 0 Å². The van der Waals surface area contributed by atoms with Crippen molar-refractivity contribution >= 4 is 0 Å². The highest BCUT2D eigenvalue weighted by Crippen LogP contribution is 2.01. The quantitative estimate of drug-likeness (QED) is 0.315. The molecule has 15 heavy (non-hydrogen) atoms. The predicted molar refractivity (Wildman–Crippen MR) is 53.0 cm³/mol. The van der Waals surface area contributed by atoms with Crippen molar-refractivity contribution in [2.45, 2.75) is 12.6 Å². The van der Waals surface area contributed by atoms with Crippen LogP contribution in [-0.4, -0.2) is 59.1 Å². The third-order valence-corrected chi connectivity index (χ3v) is 1.89. The molecule has 0 saturated carbocycles. The molecule has 90 valence electrons. The summed E-state index contributed by atoms with van der Waals surface area (Å²) >= 11 is 0. The molecule has 0 aliphatic rings. The lowest BCUT2D eigenvalue weighted by molar-refractivity contribution is -0.144. The minimum absolute atomic E-state index is 0.222. The van der Waals surface area contributed by atoms with Gasteiger partial charge in [0.1, 0.15) is 0 Å². The molecule has 0 radical (unpaired) electrons. The molecule has 0 heterocycles. The SMILES string of the molecule is COC(CN(CC(OC)OC)N=O)OC. The fraction of sp³-hybridized carbons (Fsp3) is 1.00. The van der Waals surface area contributed by atoms with Gasteiger partial charge in [0.15, 0.2) is 12.6 Å². The number of methoxy groups -OCH3 is 4. The minimum Gasteiger partial charge on any atom is -0.354 e. The van der Waals surface area contributed by atoms with Crippen LogP contribution in [-0.2, 0) is 18.9 Å². The fourth-order valence-corrected chi connectivity index (χ4v) is 0.976. The Morgan fingerprint density at radius 2 is 1.27 bits per heavy atom. The lowest BCUT2D eigenvalue weighted by Crippen LogP contribution is -2.37. The molecular weight excluding hydrogens is 204 g/mol. The van der Waals surface area contributed by atoms with Crippen LogP contribution in [0, 0.1) is 4.91 Å². The van der Waals surface area contributed by atoms with Crippen LogP contribution in [0.4, 0.5) is 0 Å². The van der Waals surface area contributed by atoms with E-state index in [1.807, 2.05) is 0 Å². The molecule has 0 bridgehead atoms.